The van der Waals surface area contributed by atoms with Crippen molar-refractivity contribution < 1.29 is 0 Å². The topological polar surface area (TPSA) is 0 Å². The van der Waals surface area contributed by atoms with Crippen molar-refractivity contribution in [3.05, 3.63) is 76.3 Å². The molecule has 0 saturated carbocycles. The maximum Gasteiger partial charge on any atom is 0.0175 e. The Morgan fingerprint density at radius 2 is 1.67 bits per heavy atom. The fraction of sp³-hybridized carbons (Fsp3) is 0.176. The van der Waals surface area contributed by atoms with Gasteiger partial charge in [-0.25, -0.2) is 0 Å². The lowest BCUT2D eigenvalue weighted by Crippen LogP contribution is -1.86. The molecule has 0 aliphatic carbocycles. The van der Waals surface area contributed by atoms with Gasteiger partial charge >= 0.3 is 0 Å². The van der Waals surface area contributed by atoms with E-state index in [9.17, 15) is 0 Å². The molecule has 2 aromatic rings. The van der Waals surface area contributed by atoms with Crippen molar-refractivity contribution in [2.45, 2.75) is 19.8 Å². The second kappa shape index (κ2) is 6.55. The zero-order valence-corrected chi connectivity index (χ0v) is 12.2. The van der Waals surface area contributed by atoms with E-state index < -0.39 is 0 Å². The lowest BCUT2D eigenvalue weighted by molar-refractivity contribution is 1.19. The third kappa shape index (κ3) is 3.58. The van der Waals surface area contributed by atoms with Gasteiger partial charge in [-0.2, -0.15) is 0 Å². The average molecular weight is 301 g/mol. The lowest BCUT2D eigenvalue weighted by atomic mass is 10.0. The van der Waals surface area contributed by atoms with Crippen LogP contribution in [0, 0.1) is 0 Å². The molecule has 0 amide bonds. The molecule has 0 bridgehead atoms. The van der Waals surface area contributed by atoms with Crippen molar-refractivity contribution >= 4 is 21.5 Å². The summed E-state index contributed by atoms with van der Waals surface area (Å²) in [5.74, 6) is 0. The van der Waals surface area contributed by atoms with Gasteiger partial charge in [0.1, 0.15) is 0 Å². The van der Waals surface area contributed by atoms with Crippen LogP contribution in [-0.2, 0) is 6.42 Å². The second-order valence-electron chi connectivity index (χ2n) is 4.28. The molecule has 0 heterocycles. The Labute approximate surface area is 117 Å². The highest BCUT2D eigenvalue weighted by Gasteiger charge is 1.98. The Morgan fingerprint density at radius 3 is 2.28 bits per heavy atom. The van der Waals surface area contributed by atoms with Gasteiger partial charge in [0, 0.05) is 4.47 Å². The SMILES string of the molecule is CC/C(=C\Cc1ccc(Br)cc1)c1ccccc1. The van der Waals surface area contributed by atoms with E-state index in [1.165, 1.54) is 16.7 Å². The van der Waals surface area contributed by atoms with Crippen LogP contribution >= 0.6 is 15.9 Å². The van der Waals surface area contributed by atoms with Gasteiger partial charge in [-0.1, -0.05) is 71.4 Å². The Bertz CT molecular complexity index is 509. The highest BCUT2D eigenvalue weighted by molar-refractivity contribution is 9.10. The molecule has 0 N–H and O–H groups in total. The predicted octanol–water partition coefficient (Wildman–Crippen LogP) is 5.49. The molecule has 18 heavy (non-hydrogen) atoms. The van der Waals surface area contributed by atoms with E-state index in [0.717, 1.165) is 17.3 Å². The number of halogens is 1. The molecular formula is C17H17Br. The minimum absolute atomic E-state index is 0.991. The van der Waals surface area contributed by atoms with Gasteiger partial charge in [0.05, 0.1) is 0 Å². The molecule has 0 nitrogen and oxygen atoms in total. The molecule has 2 rings (SSSR count). The number of allylic oxidation sites excluding steroid dienone is 2. The zero-order chi connectivity index (χ0) is 12.8. The molecule has 0 radical (unpaired) electrons. The molecule has 1 heteroatoms. The van der Waals surface area contributed by atoms with E-state index in [1.807, 2.05) is 0 Å². The maximum atomic E-state index is 3.46. The normalized spacial score (nSPS) is 11.6. The summed E-state index contributed by atoms with van der Waals surface area (Å²) in [5, 5.41) is 0. The number of hydrogen-bond acceptors (Lipinski definition) is 0. The number of rotatable bonds is 4. The summed E-state index contributed by atoms with van der Waals surface area (Å²) in [6, 6.07) is 19.1. The first-order valence-corrected chi connectivity index (χ1v) is 7.08. The fourth-order valence-electron chi connectivity index (χ4n) is 1.98. The van der Waals surface area contributed by atoms with E-state index in [-0.39, 0.29) is 0 Å². The molecule has 0 aliphatic rings. The van der Waals surface area contributed by atoms with Crippen molar-refractivity contribution in [2.24, 2.45) is 0 Å². The van der Waals surface area contributed by atoms with Crippen molar-refractivity contribution in [3.8, 4) is 0 Å². The summed E-state index contributed by atoms with van der Waals surface area (Å²) in [5.41, 5.74) is 4.09. The molecule has 0 unspecified atom stereocenters. The van der Waals surface area contributed by atoms with Crippen LogP contribution in [0.4, 0.5) is 0 Å². The van der Waals surface area contributed by atoms with Crippen LogP contribution in [0.5, 0.6) is 0 Å². The fourth-order valence-corrected chi connectivity index (χ4v) is 2.24. The van der Waals surface area contributed by atoms with Crippen molar-refractivity contribution in [1.29, 1.82) is 0 Å². The van der Waals surface area contributed by atoms with Gasteiger partial charge in [-0.3, -0.25) is 0 Å². The molecule has 0 aliphatic heterocycles. The van der Waals surface area contributed by atoms with E-state index in [2.05, 4.69) is 83.5 Å². The third-order valence-electron chi connectivity index (χ3n) is 3.02. The lowest BCUT2D eigenvalue weighted by Gasteiger charge is -2.05. The molecule has 92 valence electrons. The standard InChI is InChI=1S/C17H17Br/c1-2-15(16-6-4-3-5-7-16)11-8-14-9-12-17(18)13-10-14/h3-7,9-13H,2,8H2,1H3/b15-11+. The van der Waals surface area contributed by atoms with Crippen LogP contribution in [0.25, 0.3) is 5.57 Å². The van der Waals surface area contributed by atoms with Crippen LogP contribution in [0.1, 0.15) is 24.5 Å². The van der Waals surface area contributed by atoms with Gasteiger partial charge in [0.25, 0.3) is 0 Å². The molecule has 2 aromatic carbocycles. The molecule has 0 aromatic heterocycles. The Kier molecular flexibility index (Phi) is 4.77. The van der Waals surface area contributed by atoms with Gasteiger partial charge in [-0.15, -0.1) is 0 Å². The molecule has 0 fully saturated rings. The van der Waals surface area contributed by atoms with Crippen LogP contribution in [-0.4, -0.2) is 0 Å². The van der Waals surface area contributed by atoms with E-state index in [0.29, 0.717) is 0 Å². The Morgan fingerprint density at radius 1 is 1.00 bits per heavy atom. The number of benzene rings is 2. The van der Waals surface area contributed by atoms with Gasteiger partial charge < -0.3 is 0 Å². The summed E-state index contributed by atoms with van der Waals surface area (Å²) >= 11 is 3.46. The first-order valence-electron chi connectivity index (χ1n) is 6.28. The number of hydrogen-bond donors (Lipinski definition) is 0. The first-order chi connectivity index (χ1) is 8.79. The predicted molar refractivity (Wildman–Crippen MR) is 82.6 cm³/mol. The molecular weight excluding hydrogens is 284 g/mol. The Hall–Kier alpha value is -1.34. The first kappa shape index (κ1) is 13.1. The monoisotopic (exact) mass is 300 g/mol. The van der Waals surface area contributed by atoms with Crippen molar-refractivity contribution in [3.63, 3.8) is 0 Å². The average Bonchev–Trinajstić information content (AvgIpc) is 2.43. The summed E-state index contributed by atoms with van der Waals surface area (Å²) in [7, 11) is 0. The Balaban J connectivity index is 2.14. The molecule has 0 atom stereocenters. The van der Waals surface area contributed by atoms with Crippen LogP contribution < -0.4 is 0 Å². The van der Waals surface area contributed by atoms with Crippen LogP contribution in [0.3, 0.4) is 0 Å². The highest BCUT2D eigenvalue weighted by atomic mass is 79.9. The third-order valence-corrected chi connectivity index (χ3v) is 3.55. The minimum atomic E-state index is 0.991. The quantitative estimate of drug-likeness (QED) is 0.701. The second-order valence-corrected chi connectivity index (χ2v) is 5.20. The van der Waals surface area contributed by atoms with Crippen molar-refractivity contribution in [1.82, 2.24) is 0 Å². The van der Waals surface area contributed by atoms with Crippen LogP contribution in [0.15, 0.2) is 65.1 Å². The van der Waals surface area contributed by atoms with Gasteiger partial charge in [0.2, 0.25) is 0 Å². The van der Waals surface area contributed by atoms with Gasteiger partial charge in [0.15, 0.2) is 0 Å². The molecule has 0 spiro atoms. The zero-order valence-electron chi connectivity index (χ0n) is 10.6. The summed E-state index contributed by atoms with van der Waals surface area (Å²) in [6.07, 6.45) is 4.39. The highest BCUT2D eigenvalue weighted by Crippen LogP contribution is 2.19. The largest absolute Gasteiger partial charge is 0.0763 e. The summed E-state index contributed by atoms with van der Waals surface area (Å²) in [4.78, 5) is 0. The van der Waals surface area contributed by atoms with Gasteiger partial charge in [-0.05, 0) is 41.7 Å². The molecule has 0 saturated heterocycles. The van der Waals surface area contributed by atoms with E-state index in [1.54, 1.807) is 0 Å². The van der Waals surface area contributed by atoms with Crippen LogP contribution in [0.2, 0.25) is 0 Å². The summed E-state index contributed by atoms with van der Waals surface area (Å²) in [6.45, 7) is 2.21. The van der Waals surface area contributed by atoms with E-state index >= 15 is 0 Å². The smallest absolute Gasteiger partial charge is 0.0175 e. The van der Waals surface area contributed by atoms with Crippen molar-refractivity contribution in [2.75, 3.05) is 0 Å². The summed E-state index contributed by atoms with van der Waals surface area (Å²) < 4.78 is 1.13. The minimum Gasteiger partial charge on any atom is -0.0763 e. The van der Waals surface area contributed by atoms with E-state index in [4.69, 9.17) is 0 Å². The maximum absolute atomic E-state index is 3.46.